The maximum atomic E-state index is 5.99. The molecule has 2 heterocycles. The van der Waals surface area contributed by atoms with Crippen LogP contribution in [-0.2, 0) is 13.5 Å². The fourth-order valence-electron chi connectivity index (χ4n) is 2.74. The van der Waals surface area contributed by atoms with Crippen LogP contribution in [0.25, 0.3) is 11.0 Å². The molecule has 0 aliphatic rings. The van der Waals surface area contributed by atoms with Crippen LogP contribution in [0.4, 0.5) is 0 Å². The Morgan fingerprint density at radius 3 is 2.86 bits per heavy atom. The van der Waals surface area contributed by atoms with E-state index in [0.717, 1.165) is 30.1 Å². The first-order chi connectivity index (χ1) is 10.2. The summed E-state index contributed by atoms with van der Waals surface area (Å²) in [5.41, 5.74) is 2.19. The van der Waals surface area contributed by atoms with Gasteiger partial charge in [-0.05, 0) is 25.5 Å². The Labute approximate surface area is 124 Å². The van der Waals surface area contributed by atoms with Crippen LogP contribution in [0.2, 0.25) is 0 Å². The van der Waals surface area contributed by atoms with E-state index in [4.69, 9.17) is 4.42 Å². The third-order valence-corrected chi connectivity index (χ3v) is 3.99. The van der Waals surface area contributed by atoms with Gasteiger partial charge in [-0.3, -0.25) is 0 Å². The Hall–Kier alpha value is -2.07. The molecule has 0 fully saturated rings. The van der Waals surface area contributed by atoms with Gasteiger partial charge in [0.15, 0.2) is 0 Å². The number of rotatable bonds is 5. The summed E-state index contributed by atoms with van der Waals surface area (Å²) in [7, 11) is 2.02. The molecule has 0 aliphatic heterocycles. The highest BCUT2D eigenvalue weighted by Crippen LogP contribution is 2.28. The molecular weight excluding hydrogens is 262 g/mol. The molecule has 3 rings (SSSR count). The van der Waals surface area contributed by atoms with E-state index in [2.05, 4.69) is 34.8 Å². The number of furan rings is 1. The van der Waals surface area contributed by atoms with Gasteiger partial charge in [-0.15, -0.1) is 0 Å². The zero-order valence-corrected chi connectivity index (χ0v) is 12.8. The van der Waals surface area contributed by atoms with Gasteiger partial charge in [0, 0.05) is 37.8 Å². The summed E-state index contributed by atoms with van der Waals surface area (Å²) in [6, 6.07) is 8.38. The van der Waals surface area contributed by atoms with E-state index in [9.17, 15) is 0 Å². The molecule has 2 aromatic heterocycles. The largest absolute Gasteiger partial charge is 0.459 e. The third-order valence-electron chi connectivity index (χ3n) is 3.99. The number of aromatic nitrogens is 2. The van der Waals surface area contributed by atoms with Crippen LogP contribution < -0.4 is 5.32 Å². The topological polar surface area (TPSA) is 43.0 Å². The molecule has 4 nitrogen and oxygen atoms in total. The second-order valence-electron chi connectivity index (χ2n) is 5.47. The Morgan fingerprint density at radius 2 is 2.14 bits per heavy atom. The molecule has 0 radical (unpaired) electrons. The summed E-state index contributed by atoms with van der Waals surface area (Å²) in [5, 5.41) is 4.72. The van der Waals surface area contributed by atoms with Crippen molar-refractivity contribution in [2.45, 2.75) is 26.3 Å². The van der Waals surface area contributed by atoms with Crippen molar-refractivity contribution in [1.82, 2.24) is 14.9 Å². The molecule has 0 bridgehead atoms. The van der Waals surface area contributed by atoms with E-state index in [0.29, 0.717) is 0 Å². The average molecular weight is 283 g/mol. The highest BCUT2D eigenvalue weighted by molar-refractivity contribution is 5.82. The lowest BCUT2D eigenvalue weighted by molar-refractivity contribution is 0.448. The Morgan fingerprint density at radius 1 is 1.33 bits per heavy atom. The normalized spacial score (nSPS) is 12.9. The zero-order chi connectivity index (χ0) is 14.8. The second-order valence-corrected chi connectivity index (χ2v) is 5.47. The molecule has 1 aromatic carbocycles. The molecule has 21 heavy (non-hydrogen) atoms. The van der Waals surface area contributed by atoms with Gasteiger partial charge < -0.3 is 14.3 Å². The van der Waals surface area contributed by atoms with Crippen LogP contribution in [0.15, 0.2) is 41.1 Å². The van der Waals surface area contributed by atoms with E-state index in [-0.39, 0.29) is 6.04 Å². The molecule has 1 unspecified atom stereocenters. The first-order valence-corrected chi connectivity index (χ1v) is 7.34. The number of fused-ring (bicyclic) bond motifs is 1. The van der Waals surface area contributed by atoms with Crippen molar-refractivity contribution in [3.8, 4) is 0 Å². The fourth-order valence-corrected chi connectivity index (χ4v) is 2.74. The molecule has 1 N–H and O–H groups in total. The molecule has 110 valence electrons. The van der Waals surface area contributed by atoms with Crippen molar-refractivity contribution < 1.29 is 4.42 Å². The molecular formula is C17H21N3O. The summed E-state index contributed by atoms with van der Waals surface area (Å²) in [6.45, 7) is 5.14. The number of hydrogen-bond donors (Lipinski definition) is 1. The molecule has 3 aromatic rings. The molecule has 4 heteroatoms. The lowest BCUT2D eigenvalue weighted by atomic mass is 10.1. The molecule has 0 saturated heterocycles. The lowest BCUT2D eigenvalue weighted by Gasteiger charge is -2.12. The molecule has 0 amide bonds. The lowest BCUT2D eigenvalue weighted by Crippen LogP contribution is -2.22. The molecule has 0 saturated carbocycles. The first kappa shape index (κ1) is 13.9. The number of benzene rings is 1. The summed E-state index contributed by atoms with van der Waals surface area (Å²) in [6.07, 6.45) is 4.72. The molecule has 0 aliphatic carbocycles. The Kier molecular flexibility index (Phi) is 3.80. The number of para-hydroxylation sites is 1. The van der Waals surface area contributed by atoms with Crippen molar-refractivity contribution >= 4 is 11.0 Å². The Balaban J connectivity index is 1.68. The predicted octanol–water partition coefficient (Wildman–Crippen LogP) is 3.37. The van der Waals surface area contributed by atoms with Gasteiger partial charge in [0.05, 0.1) is 6.04 Å². The van der Waals surface area contributed by atoms with E-state index in [1.807, 2.05) is 37.6 Å². The number of imidazole rings is 1. The van der Waals surface area contributed by atoms with Gasteiger partial charge in [-0.1, -0.05) is 18.2 Å². The van der Waals surface area contributed by atoms with Gasteiger partial charge in [0.1, 0.15) is 17.2 Å². The van der Waals surface area contributed by atoms with Crippen molar-refractivity contribution in [2.24, 2.45) is 7.05 Å². The minimum atomic E-state index is 0.192. The van der Waals surface area contributed by atoms with Crippen LogP contribution in [0, 0.1) is 6.92 Å². The fraction of sp³-hybridized carbons (Fsp3) is 0.353. The second kappa shape index (κ2) is 5.74. The van der Waals surface area contributed by atoms with Crippen LogP contribution in [0.1, 0.15) is 30.1 Å². The molecule has 1 atom stereocenters. The van der Waals surface area contributed by atoms with Gasteiger partial charge in [-0.25, -0.2) is 4.98 Å². The van der Waals surface area contributed by atoms with Crippen molar-refractivity contribution in [2.75, 3.05) is 6.54 Å². The van der Waals surface area contributed by atoms with Crippen molar-refractivity contribution in [1.29, 1.82) is 0 Å². The Bertz CT molecular complexity index is 741. The number of aryl methyl sites for hydroxylation is 2. The van der Waals surface area contributed by atoms with Crippen LogP contribution >= 0.6 is 0 Å². The summed E-state index contributed by atoms with van der Waals surface area (Å²) >= 11 is 0. The highest BCUT2D eigenvalue weighted by Gasteiger charge is 2.15. The summed E-state index contributed by atoms with van der Waals surface area (Å²) < 4.78 is 8.04. The average Bonchev–Trinajstić information content (AvgIpc) is 3.04. The predicted molar refractivity (Wildman–Crippen MR) is 84.3 cm³/mol. The molecule has 0 spiro atoms. The highest BCUT2D eigenvalue weighted by atomic mass is 16.3. The van der Waals surface area contributed by atoms with Crippen molar-refractivity contribution in [3.05, 3.63) is 53.8 Å². The minimum absolute atomic E-state index is 0.192. The van der Waals surface area contributed by atoms with E-state index >= 15 is 0 Å². The van der Waals surface area contributed by atoms with Crippen LogP contribution in [-0.4, -0.2) is 16.1 Å². The summed E-state index contributed by atoms with van der Waals surface area (Å²) in [4.78, 5) is 4.34. The van der Waals surface area contributed by atoms with Gasteiger partial charge >= 0.3 is 0 Å². The maximum Gasteiger partial charge on any atom is 0.134 e. The van der Waals surface area contributed by atoms with Gasteiger partial charge in [0.25, 0.3) is 0 Å². The van der Waals surface area contributed by atoms with Gasteiger partial charge in [0.2, 0.25) is 0 Å². The summed E-state index contributed by atoms with van der Waals surface area (Å²) in [5.74, 6) is 2.12. The van der Waals surface area contributed by atoms with E-state index in [1.54, 1.807) is 0 Å². The first-order valence-electron chi connectivity index (χ1n) is 7.34. The quantitative estimate of drug-likeness (QED) is 0.780. The zero-order valence-electron chi connectivity index (χ0n) is 12.8. The number of nitrogens with zero attached hydrogens (tertiary/aromatic N) is 2. The van der Waals surface area contributed by atoms with E-state index < -0.39 is 0 Å². The standard InChI is InChI=1S/C17H21N3O/c1-12-14-6-4-5-7-15(14)21-17(12)13(2)18-9-8-16-19-10-11-20(16)3/h4-7,10-11,13,18H,8-9H2,1-3H3. The number of nitrogens with one attached hydrogen (secondary N) is 1. The minimum Gasteiger partial charge on any atom is -0.459 e. The van der Waals surface area contributed by atoms with Crippen LogP contribution in [0.5, 0.6) is 0 Å². The van der Waals surface area contributed by atoms with Gasteiger partial charge in [-0.2, -0.15) is 0 Å². The monoisotopic (exact) mass is 283 g/mol. The smallest absolute Gasteiger partial charge is 0.134 e. The number of hydrogen-bond acceptors (Lipinski definition) is 3. The van der Waals surface area contributed by atoms with E-state index in [1.165, 1.54) is 10.9 Å². The van der Waals surface area contributed by atoms with Crippen LogP contribution in [0.3, 0.4) is 0 Å². The van der Waals surface area contributed by atoms with Crippen molar-refractivity contribution in [3.63, 3.8) is 0 Å². The third kappa shape index (κ3) is 2.72. The SMILES string of the molecule is Cc1c(C(C)NCCc2nccn2C)oc2ccccc12. The maximum absolute atomic E-state index is 5.99.